The highest BCUT2D eigenvalue weighted by atomic mass is 32.1. The summed E-state index contributed by atoms with van der Waals surface area (Å²) in [7, 11) is 0. The minimum absolute atomic E-state index is 0.00291. The molecule has 1 N–H and O–H groups in total. The molecular weight excluding hydrogens is 374 g/mol. The van der Waals surface area contributed by atoms with E-state index in [2.05, 4.69) is 85.9 Å². The molecule has 1 aliphatic carbocycles. The molecule has 29 heavy (non-hydrogen) atoms. The second-order valence-corrected chi connectivity index (χ2v) is 9.07. The average Bonchev–Trinajstić information content (AvgIpc) is 3.31. The molecule has 0 saturated heterocycles. The van der Waals surface area contributed by atoms with Crippen molar-refractivity contribution < 1.29 is 4.79 Å². The van der Waals surface area contributed by atoms with Gasteiger partial charge in [0.2, 0.25) is 0 Å². The highest BCUT2D eigenvalue weighted by Gasteiger charge is 2.35. The number of anilines is 2. The first-order chi connectivity index (χ1) is 14.1. The Bertz CT molecular complexity index is 1220. The Morgan fingerprint density at radius 3 is 2.28 bits per heavy atom. The Labute approximate surface area is 174 Å². The number of thiophene rings is 1. The summed E-state index contributed by atoms with van der Waals surface area (Å²) in [6, 6.07) is 27.6. The fourth-order valence-electron chi connectivity index (χ4n) is 4.24. The fraction of sp³-hybridized carbons (Fsp3) is 0.115. The van der Waals surface area contributed by atoms with Crippen molar-refractivity contribution in [3.05, 3.63) is 94.9 Å². The van der Waals surface area contributed by atoms with E-state index in [1.165, 1.54) is 33.6 Å². The van der Waals surface area contributed by atoms with Crippen molar-refractivity contribution in [2.45, 2.75) is 19.3 Å². The Kier molecular flexibility index (Phi) is 4.14. The molecule has 5 rings (SSSR count). The van der Waals surface area contributed by atoms with Crippen LogP contribution in [0.2, 0.25) is 0 Å². The van der Waals surface area contributed by atoms with Gasteiger partial charge in [-0.2, -0.15) is 0 Å². The molecule has 142 valence electrons. The first kappa shape index (κ1) is 17.9. The summed E-state index contributed by atoms with van der Waals surface area (Å²) < 4.78 is 0. The Hall–Kier alpha value is -3.17. The molecule has 0 bridgehead atoms. The summed E-state index contributed by atoms with van der Waals surface area (Å²) in [5, 5.41) is 3.54. The van der Waals surface area contributed by atoms with Crippen molar-refractivity contribution in [2.75, 3.05) is 5.32 Å². The molecule has 0 fully saturated rings. The van der Waals surface area contributed by atoms with Gasteiger partial charge in [0.15, 0.2) is 6.29 Å². The minimum Gasteiger partial charge on any atom is -0.356 e. The number of carbonyl (C=O) groups excluding carboxylic acids is 1. The monoisotopic (exact) mass is 395 g/mol. The molecule has 0 spiro atoms. The fourth-order valence-corrected chi connectivity index (χ4v) is 5.07. The summed E-state index contributed by atoms with van der Waals surface area (Å²) in [5.41, 5.74) is 8.69. The molecule has 0 atom stereocenters. The molecule has 1 aromatic heterocycles. The summed E-state index contributed by atoms with van der Waals surface area (Å²) >= 11 is 1.51. The molecule has 3 aromatic carbocycles. The van der Waals surface area contributed by atoms with Crippen molar-refractivity contribution in [2.24, 2.45) is 0 Å². The van der Waals surface area contributed by atoms with Crippen molar-refractivity contribution in [1.82, 2.24) is 0 Å². The van der Waals surface area contributed by atoms with E-state index in [0.29, 0.717) is 0 Å². The van der Waals surface area contributed by atoms with Gasteiger partial charge in [0.1, 0.15) is 0 Å². The number of benzene rings is 3. The highest BCUT2D eigenvalue weighted by Crippen LogP contribution is 2.49. The zero-order chi connectivity index (χ0) is 20.0. The van der Waals surface area contributed by atoms with Crippen LogP contribution in [0.5, 0.6) is 0 Å². The van der Waals surface area contributed by atoms with E-state index in [9.17, 15) is 4.79 Å². The van der Waals surface area contributed by atoms with E-state index in [1.54, 1.807) is 0 Å². The quantitative estimate of drug-likeness (QED) is 0.368. The zero-order valence-electron chi connectivity index (χ0n) is 16.4. The van der Waals surface area contributed by atoms with Crippen LogP contribution in [0.1, 0.15) is 34.6 Å². The molecule has 1 aliphatic rings. The van der Waals surface area contributed by atoms with Crippen LogP contribution in [0, 0.1) is 0 Å². The molecule has 0 radical (unpaired) electrons. The summed E-state index contributed by atoms with van der Waals surface area (Å²) in [4.78, 5) is 12.8. The number of nitrogens with one attached hydrogen (secondary N) is 1. The van der Waals surface area contributed by atoms with Crippen LogP contribution in [0.4, 0.5) is 11.4 Å². The number of rotatable bonds is 4. The standard InChI is InChI=1S/C26H21NOS/c1-26(2)23-6-4-3-5-21(23)22-13-11-19(15-24(22)26)27-18-9-7-17(8-10-18)25-14-12-20(16-28)29-25/h3-16,27H,1-2H3. The Morgan fingerprint density at radius 2 is 1.52 bits per heavy atom. The second-order valence-electron chi connectivity index (χ2n) is 7.95. The van der Waals surface area contributed by atoms with Crippen molar-refractivity contribution in [3.63, 3.8) is 0 Å². The lowest BCUT2D eigenvalue weighted by atomic mass is 9.82. The first-order valence-electron chi connectivity index (χ1n) is 9.73. The maximum atomic E-state index is 10.9. The van der Waals surface area contributed by atoms with E-state index in [1.807, 2.05) is 12.1 Å². The van der Waals surface area contributed by atoms with Crippen LogP contribution >= 0.6 is 11.3 Å². The predicted octanol–water partition coefficient (Wildman–Crippen LogP) is 7.28. The molecule has 0 amide bonds. The molecule has 0 unspecified atom stereocenters. The minimum atomic E-state index is 0.00291. The lowest BCUT2D eigenvalue weighted by molar-refractivity contribution is 0.112. The molecule has 2 nitrogen and oxygen atoms in total. The van der Waals surface area contributed by atoms with Crippen LogP contribution in [0.15, 0.2) is 78.9 Å². The van der Waals surface area contributed by atoms with E-state index >= 15 is 0 Å². The van der Waals surface area contributed by atoms with Gasteiger partial charge in [-0.1, -0.05) is 56.3 Å². The van der Waals surface area contributed by atoms with Gasteiger partial charge in [0.05, 0.1) is 4.88 Å². The van der Waals surface area contributed by atoms with Gasteiger partial charge in [0, 0.05) is 21.7 Å². The van der Waals surface area contributed by atoms with Gasteiger partial charge in [0.25, 0.3) is 0 Å². The van der Waals surface area contributed by atoms with Gasteiger partial charge in [-0.15, -0.1) is 11.3 Å². The number of hydrogen-bond donors (Lipinski definition) is 1. The molecule has 0 saturated carbocycles. The number of fused-ring (bicyclic) bond motifs is 3. The Morgan fingerprint density at radius 1 is 0.793 bits per heavy atom. The van der Waals surface area contributed by atoms with Gasteiger partial charge >= 0.3 is 0 Å². The van der Waals surface area contributed by atoms with Gasteiger partial charge in [-0.05, 0) is 64.2 Å². The number of aldehydes is 1. The molecule has 0 aliphatic heterocycles. The third-order valence-corrected chi connectivity index (χ3v) is 6.84. The number of hydrogen-bond acceptors (Lipinski definition) is 3. The second kappa shape index (κ2) is 6.71. The third kappa shape index (κ3) is 2.99. The van der Waals surface area contributed by atoms with Crippen LogP contribution in [0.25, 0.3) is 21.6 Å². The first-order valence-corrected chi connectivity index (χ1v) is 10.5. The van der Waals surface area contributed by atoms with Crippen molar-refractivity contribution in [1.29, 1.82) is 0 Å². The number of carbonyl (C=O) groups is 1. The summed E-state index contributed by atoms with van der Waals surface area (Å²) in [5.74, 6) is 0. The van der Waals surface area contributed by atoms with Gasteiger partial charge in [-0.3, -0.25) is 4.79 Å². The Balaban J connectivity index is 1.42. The van der Waals surface area contributed by atoms with E-state index < -0.39 is 0 Å². The highest BCUT2D eigenvalue weighted by molar-refractivity contribution is 7.17. The van der Waals surface area contributed by atoms with E-state index in [4.69, 9.17) is 0 Å². The summed E-state index contributed by atoms with van der Waals surface area (Å²) in [6.45, 7) is 4.59. The summed E-state index contributed by atoms with van der Waals surface area (Å²) in [6.07, 6.45) is 0.901. The van der Waals surface area contributed by atoms with E-state index in [-0.39, 0.29) is 5.41 Å². The van der Waals surface area contributed by atoms with Crippen molar-refractivity contribution >= 4 is 29.0 Å². The normalized spacial score (nSPS) is 13.6. The van der Waals surface area contributed by atoms with E-state index in [0.717, 1.165) is 33.0 Å². The SMILES string of the molecule is CC1(C)c2ccccc2-c2ccc(Nc3ccc(-c4ccc(C=O)s4)cc3)cc21. The van der Waals surface area contributed by atoms with Crippen molar-refractivity contribution in [3.8, 4) is 21.6 Å². The van der Waals surface area contributed by atoms with Crippen LogP contribution in [-0.4, -0.2) is 6.29 Å². The van der Waals surface area contributed by atoms with Crippen LogP contribution in [0.3, 0.4) is 0 Å². The third-order valence-electron chi connectivity index (χ3n) is 5.78. The predicted molar refractivity (Wildman–Crippen MR) is 122 cm³/mol. The average molecular weight is 396 g/mol. The molecule has 3 heteroatoms. The van der Waals surface area contributed by atoms with Gasteiger partial charge < -0.3 is 5.32 Å². The molecule has 1 heterocycles. The smallest absolute Gasteiger partial charge is 0.160 e. The largest absolute Gasteiger partial charge is 0.356 e. The molecule has 4 aromatic rings. The lowest BCUT2D eigenvalue weighted by Crippen LogP contribution is -2.15. The van der Waals surface area contributed by atoms with Gasteiger partial charge in [-0.25, -0.2) is 0 Å². The maximum Gasteiger partial charge on any atom is 0.160 e. The molecular formula is C26H21NOS. The maximum absolute atomic E-state index is 10.9. The van der Waals surface area contributed by atoms with Crippen LogP contribution in [-0.2, 0) is 5.41 Å². The lowest BCUT2D eigenvalue weighted by Gasteiger charge is -2.22. The zero-order valence-corrected chi connectivity index (χ0v) is 17.2. The van der Waals surface area contributed by atoms with Crippen LogP contribution < -0.4 is 5.32 Å². The topological polar surface area (TPSA) is 29.1 Å².